The first-order chi connectivity index (χ1) is 13.0. The third-order valence-corrected chi connectivity index (χ3v) is 5.45. The van der Waals surface area contributed by atoms with Crippen LogP contribution in [0.1, 0.15) is 48.8 Å². The number of anilines is 1. The van der Waals surface area contributed by atoms with Gasteiger partial charge in [0.2, 0.25) is 0 Å². The second kappa shape index (κ2) is 9.48. The van der Waals surface area contributed by atoms with E-state index in [2.05, 4.69) is 42.7 Å². The van der Waals surface area contributed by atoms with Gasteiger partial charge in [0.05, 0.1) is 21.4 Å². The van der Waals surface area contributed by atoms with Gasteiger partial charge in [0.1, 0.15) is 5.84 Å². The van der Waals surface area contributed by atoms with E-state index in [0.717, 1.165) is 49.6 Å². The number of fused-ring (bicyclic) bond motifs is 1. The summed E-state index contributed by atoms with van der Waals surface area (Å²) in [5.41, 5.74) is 5.63. The predicted octanol–water partition coefficient (Wildman–Crippen LogP) is 6.81. The van der Waals surface area contributed by atoms with Gasteiger partial charge in [-0.3, -0.25) is 0 Å². The summed E-state index contributed by atoms with van der Waals surface area (Å²) in [6.07, 6.45) is 5.64. The lowest BCUT2D eigenvalue weighted by atomic mass is 10.1. The Morgan fingerprint density at radius 3 is 2.41 bits per heavy atom. The Balaban J connectivity index is 1.86. The number of halogens is 2. The summed E-state index contributed by atoms with van der Waals surface area (Å²) in [5.74, 6) is 0.998. The molecular weight excluding hydrogens is 377 g/mol. The van der Waals surface area contributed by atoms with Crippen molar-refractivity contribution in [3.8, 4) is 0 Å². The number of nitrogens with zero attached hydrogens (tertiary/aromatic N) is 1. The van der Waals surface area contributed by atoms with Crippen LogP contribution in [0.15, 0.2) is 35.3 Å². The molecule has 2 aromatic rings. The Morgan fingerprint density at radius 1 is 0.926 bits per heavy atom. The largest absolute Gasteiger partial charge is 0.383 e. The highest BCUT2D eigenvalue weighted by atomic mass is 35.5. The van der Waals surface area contributed by atoms with E-state index in [9.17, 15) is 0 Å². The van der Waals surface area contributed by atoms with Gasteiger partial charge in [-0.15, -0.1) is 0 Å². The normalized spacial score (nSPS) is 17.1. The molecule has 0 saturated heterocycles. The molecule has 0 amide bonds. The van der Waals surface area contributed by atoms with Crippen molar-refractivity contribution in [2.24, 2.45) is 4.99 Å². The maximum absolute atomic E-state index is 6.25. The number of aliphatic imine (C=N–C) groups is 1. The Kier molecular flexibility index (Phi) is 7.03. The van der Waals surface area contributed by atoms with Crippen LogP contribution >= 0.6 is 23.2 Å². The molecule has 1 aliphatic rings. The van der Waals surface area contributed by atoms with E-state index in [4.69, 9.17) is 28.2 Å². The van der Waals surface area contributed by atoms with E-state index >= 15 is 0 Å². The van der Waals surface area contributed by atoms with E-state index < -0.39 is 0 Å². The van der Waals surface area contributed by atoms with Gasteiger partial charge in [-0.05, 0) is 44.4 Å². The van der Waals surface area contributed by atoms with Crippen LogP contribution in [0.5, 0.6) is 0 Å². The number of hydrogen-bond donors (Lipinski definition) is 2. The van der Waals surface area contributed by atoms with Gasteiger partial charge in [-0.1, -0.05) is 65.4 Å². The van der Waals surface area contributed by atoms with Gasteiger partial charge in [0, 0.05) is 19.5 Å². The van der Waals surface area contributed by atoms with Crippen molar-refractivity contribution >= 4 is 40.4 Å². The minimum absolute atomic E-state index is 0.532. The fourth-order valence-corrected chi connectivity index (χ4v) is 3.79. The van der Waals surface area contributed by atoms with Gasteiger partial charge in [0.25, 0.3) is 0 Å². The molecule has 144 valence electrons. The second-order valence-corrected chi connectivity index (χ2v) is 8.10. The summed E-state index contributed by atoms with van der Waals surface area (Å²) in [6, 6.07) is 10.4. The minimum atomic E-state index is 0.532. The molecule has 1 aliphatic heterocycles. The maximum atomic E-state index is 6.25. The zero-order valence-corrected chi connectivity index (χ0v) is 17.6. The third-order valence-electron chi connectivity index (χ3n) is 4.73. The van der Waals surface area contributed by atoms with Crippen LogP contribution in [-0.4, -0.2) is 12.4 Å². The molecule has 3 rings (SSSR count). The molecule has 0 aliphatic carbocycles. The van der Waals surface area contributed by atoms with Crippen LogP contribution in [0, 0.1) is 13.8 Å². The van der Waals surface area contributed by atoms with E-state index in [0.29, 0.717) is 10.0 Å². The van der Waals surface area contributed by atoms with E-state index in [-0.39, 0.29) is 0 Å². The third kappa shape index (κ3) is 5.88. The number of hydrogen-bond acceptors (Lipinski definition) is 3. The predicted molar refractivity (Wildman–Crippen MR) is 118 cm³/mol. The number of rotatable bonds is 2. The molecule has 0 saturated carbocycles. The number of aryl methyl sites for hydroxylation is 2. The van der Waals surface area contributed by atoms with Crippen LogP contribution in [-0.2, 0) is 6.54 Å². The van der Waals surface area contributed by atoms with Crippen LogP contribution in [0.25, 0.3) is 0 Å². The average Bonchev–Trinajstić information content (AvgIpc) is 2.65. The molecule has 2 aromatic carbocycles. The fourth-order valence-electron chi connectivity index (χ4n) is 3.47. The SMILES string of the molecule is Cc1cc(C)cc(CN/C2=N/c3cc(Cl)c(Cl)cc3NCCCCCC2)c1. The zero-order valence-electron chi connectivity index (χ0n) is 16.0. The first kappa shape index (κ1) is 20.0. The number of nitrogens with one attached hydrogen (secondary N) is 2. The maximum Gasteiger partial charge on any atom is 0.103 e. The lowest BCUT2D eigenvalue weighted by Crippen LogP contribution is -2.23. The smallest absolute Gasteiger partial charge is 0.103 e. The van der Waals surface area contributed by atoms with Crippen molar-refractivity contribution in [2.75, 3.05) is 11.9 Å². The van der Waals surface area contributed by atoms with Gasteiger partial charge < -0.3 is 10.6 Å². The Labute approximate surface area is 172 Å². The zero-order chi connectivity index (χ0) is 19.2. The number of amidine groups is 1. The quantitative estimate of drug-likeness (QED) is 0.577. The molecule has 0 bridgehead atoms. The van der Waals surface area contributed by atoms with Crippen LogP contribution in [0.2, 0.25) is 10.0 Å². The van der Waals surface area contributed by atoms with Crippen molar-refractivity contribution in [3.63, 3.8) is 0 Å². The molecule has 1 heterocycles. The topological polar surface area (TPSA) is 36.4 Å². The molecule has 0 radical (unpaired) electrons. The molecule has 0 spiro atoms. The van der Waals surface area contributed by atoms with E-state index in [1.165, 1.54) is 29.5 Å². The van der Waals surface area contributed by atoms with Crippen molar-refractivity contribution in [3.05, 3.63) is 57.1 Å². The molecular formula is C22H27Cl2N3. The molecule has 0 unspecified atom stereocenters. The van der Waals surface area contributed by atoms with E-state index in [1.807, 2.05) is 12.1 Å². The van der Waals surface area contributed by atoms with Crippen LogP contribution in [0.3, 0.4) is 0 Å². The summed E-state index contributed by atoms with van der Waals surface area (Å²) in [6.45, 7) is 5.96. The Morgan fingerprint density at radius 2 is 1.63 bits per heavy atom. The van der Waals surface area contributed by atoms with Gasteiger partial charge in [-0.2, -0.15) is 0 Å². The highest BCUT2D eigenvalue weighted by molar-refractivity contribution is 6.42. The average molecular weight is 404 g/mol. The molecule has 3 nitrogen and oxygen atoms in total. The van der Waals surface area contributed by atoms with Crippen LogP contribution < -0.4 is 10.6 Å². The first-order valence-corrected chi connectivity index (χ1v) is 10.4. The lowest BCUT2D eigenvalue weighted by Gasteiger charge is -2.14. The fraction of sp³-hybridized carbons (Fsp3) is 0.409. The standard InChI is InChI=1S/C22H27Cl2N3/c1-15-9-16(2)11-17(10-15)14-26-22-7-5-3-4-6-8-25-20-12-18(23)19(24)13-21(20)27-22/h9-13,25H,3-8,14H2,1-2H3,(H,26,27). The lowest BCUT2D eigenvalue weighted by molar-refractivity contribution is 0.663. The van der Waals surface area contributed by atoms with Crippen molar-refractivity contribution < 1.29 is 0 Å². The van der Waals surface area contributed by atoms with Gasteiger partial charge >= 0.3 is 0 Å². The Hall–Kier alpha value is -1.71. The molecule has 0 fully saturated rings. The van der Waals surface area contributed by atoms with Crippen molar-refractivity contribution in [1.82, 2.24) is 5.32 Å². The van der Waals surface area contributed by atoms with E-state index in [1.54, 1.807) is 0 Å². The summed E-state index contributed by atoms with van der Waals surface area (Å²) in [5, 5.41) is 8.10. The summed E-state index contributed by atoms with van der Waals surface area (Å²) in [4.78, 5) is 4.90. The molecule has 0 atom stereocenters. The molecule has 2 N–H and O–H groups in total. The van der Waals surface area contributed by atoms with Gasteiger partial charge in [-0.25, -0.2) is 4.99 Å². The highest BCUT2D eigenvalue weighted by Gasteiger charge is 2.10. The van der Waals surface area contributed by atoms with Crippen molar-refractivity contribution in [2.45, 2.75) is 52.5 Å². The number of benzene rings is 2. The molecule has 5 heteroatoms. The molecule has 0 aromatic heterocycles. The summed E-state index contributed by atoms with van der Waals surface area (Å²) >= 11 is 12.5. The second-order valence-electron chi connectivity index (χ2n) is 7.28. The summed E-state index contributed by atoms with van der Waals surface area (Å²) in [7, 11) is 0. The minimum Gasteiger partial charge on any atom is -0.383 e. The molecule has 27 heavy (non-hydrogen) atoms. The highest BCUT2D eigenvalue weighted by Crippen LogP contribution is 2.35. The van der Waals surface area contributed by atoms with Crippen LogP contribution in [0.4, 0.5) is 11.4 Å². The monoisotopic (exact) mass is 403 g/mol. The van der Waals surface area contributed by atoms with Gasteiger partial charge in [0.15, 0.2) is 0 Å². The first-order valence-electron chi connectivity index (χ1n) is 9.63. The summed E-state index contributed by atoms with van der Waals surface area (Å²) < 4.78 is 0. The Bertz CT molecular complexity index is 810. The van der Waals surface area contributed by atoms with Crippen molar-refractivity contribution in [1.29, 1.82) is 0 Å².